The fourth-order valence-corrected chi connectivity index (χ4v) is 3.82. The second-order valence-electron chi connectivity index (χ2n) is 8.09. The largest absolute Gasteiger partial charge is 0.497 e. The van der Waals surface area contributed by atoms with Gasteiger partial charge in [-0.05, 0) is 41.8 Å². The van der Waals surface area contributed by atoms with Gasteiger partial charge in [-0.15, -0.1) is 0 Å². The molecule has 0 radical (unpaired) electrons. The van der Waals surface area contributed by atoms with Crippen LogP contribution < -0.4 is 14.8 Å². The van der Waals surface area contributed by atoms with Crippen molar-refractivity contribution in [1.29, 1.82) is 0 Å². The molecule has 0 bridgehead atoms. The van der Waals surface area contributed by atoms with Crippen molar-refractivity contribution in [2.24, 2.45) is 0 Å². The second kappa shape index (κ2) is 13.4. The quantitative estimate of drug-likeness (QED) is 0.389. The first-order chi connectivity index (χ1) is 17.0. The number of halogens is 1. The molecule has 0 unspecified atom stereocenters. The zero-order chi connectivity index (χ0) is 25.0. The first-order valence-corrected chi connectivity index (χ1v) is 12.0. The van der Waals surface area contributed by atoms with E-state index in [1.54, 1.807) is 36.3 Å². The number of amides is 2. The van der Waals surface area contributed by atoms with Crippen LogP contribution in [0.5, 0.6) is 11.5 Å². The summed E-state index contributed by atoms with van der Waals surface area (Å²) in [6.45, 7) is 2.52. The van der Waals surface area contributed by atoms with E-state index in [1.807, 2.05) is 61.5 Å². The van der Waals surface area contributed by atoms with E-state index < -0.39 is 6.04 Å². The summed E-state index contributed by atoms with van der Waals surface area (Å²) in [6, 6.07) is 23.4. The van der Waals surface area contributed by atoms with E-state index in [4.69, 9.17) is 21.1 Å². The number of methoxy groups -OCH3 is 1. The highest BCUT2D eigenvalue weighted by Gasteiger charge is 2.30. The number of ether oxygens (including phenoxy) is 2. The molecule has 7 heteroatoms. The van der Waals surface area contributed by atoms with E-state index in [0.717, 1.165) is 23.3 Å². The van der Waals surface area contributed by atoms with Gasteiger partial charge in [-0.3, -0.25) is 9.59 Å². The third-order valence-electron chi connectivity index (χ3n) is 5.52. The van der Waals surface area contributed by atoms with Crippen LogP contribution in [0.3, 0.4) is 0 Å². The summed E-state index contributed by atoms with van der Waals surface area (Å²) in [5.41, 5.74) is 1.84. The normalized spacial score (nSPS) is 11.4. The Hall–Kier alpha value is -3.51. The number of carbonyl (C=O) groups is 2. The Bertz CT molecular complexity index is 1090. The second-order valence-corrected chi connectivity index (χ2v) is 8.49. The summed E-state index contributed by atoms with van der Waals surface area (Å²) in [6.07, 6.45) is 1.18. The van der Waals surface area contributed by atoms with Crippen molar-refractivity contribution >= 4 is 23.4 Å². The first kappa shape index (κ1) is 26.1. The van der Waals surface area contributed by atoms with Gasteiger partial charge in [0.25, 0.3) is 5.91 Å². The van der Waals surface area contributed by atoms with Gasteiger partial charge in [0.1, 0.15) is 17.5 Å². The highest BCUT2D eigenvalue weighted by Crippen LogP contribution is 2.24. The van der Waals surface area contributed by atoms with Crippen molar-refractivity contribution in [3.8, 4) is 11.5 Å². The van der Waals surface area contributed by atoms with Crippen molar-refractivity contribution in [2.75, 3.05) is 20.3 Å². The van der Waals surface area contributed by atoms with Crippen LogP contribution in [-0.4, -0.2) is 43.0 Å². The molecule has 35 heavy (non-hydrogen) atoms. The van der Waals surface area contributed by atoms with Crippen molar-refractivity contribution < 1.29 is 19.1 Å². The highest BCUT2D eigenvalue weighted by molar-refractivity contribution is 6.32. The Kier molecular flexibility index (Phi) is 9.99. The molecule has 3 rings (SSSR count). The number of benzene rings is 3. The average Bonchev–Trinajstić information content (AvgIpc) is 2.89. The van der Waals surface area contributed by atoms with Gasteiger partial charge in [0.2, 0.25) is 5.91 Å². The maximum Gasteiger partial charge on any atom is 0.261 e. The van der Waals surface area contributed by atoms with Crippen molar-refractivity contribution in [1.82, 2.24) is 10.2 Å². The summed E-state index contributed by atoms with van der Waals surface area (Å²) in [4.78, 5) is 28.4. The van der Waals surface area contributed by atoms with Gasteiger partial charge in [0, 0.05) is 19.5 Å². The van der Waals surface area contributed by atoms with E-state index >= 15 is 0 Å². The fraction of sp³-hybridized carbons (Fsp3) is 0.286. The number of rotatable bonds is 12. The van der Waals surface area contributed by atoms with E-state index in [-0.39, 0.29) is 25.0 Å². The van der Waals surface area contributed by atoms with Crippen molar-refractivity contribution in [2.45, 2.75) is 32.4 Å². The zero-order valence-corrected chi connectivity index (χ0v) is 20.8. The molecule has 6 nitrogen and oxygen atoms in total. The predicted molar refractivity (Wildman–Crippen MR) is 138 cm³/mol. The molecule has 1 atom stereocenters. The van der Waals surface area contributed by atoms with E-state index in [2.05, 4.69) is 5.32 Å². The summed E-state index contributed by atoms with van der Waals surface area (Å²) in [5, 5.41) is 3.38. The average molecular weight is 495 g/mol. The van der Waals surface area contributed by atoms with Crippen LogP contribution in [0.4, 0.5) is 0 Å². The predicted octanol–water partition coefficient (Wildman–Crippen LogP) is 4.89. The molecule has 2 amide bonds. The third-order valence-corrected chi connectivity index (χ3v) is 5.83. The number of carbonyl (C=O) groups excluding carboxylic acids is 2. The van der Waals surface area contributed by atoms with Crippen LogP contribution in [0.1, 0.15) is 24.5 Å². The Morgan fingerprint density at radius 2 is 1.63 bits per heavy atom. The molecule has 0 aromatic heterocycles. The Morgan fingerprint density at radius 1 is 0.943 bits per heavy atom. The standard InChI is InChI=1S/C28H31ClN2O4/c1-3-17-30-28(33)25(18-21-9-5-4-6-10-21)31(19-22-13-15-23(34-2)16-14-22)27(32)20-35-26-12-8-7-11-24(26)29/h4-16,25H,3,17-20H2,1-2H3,(H,30,33)/t25-/m1/s1. The molecule has 3 aromatic carbocycles. The Labute approximate surface area is 211 Å². The minimum atomic E-state index is -0.714. The maximum absolute atomic E-state index is 13.5. The van der Waals surface area contributed by atoms with Gasteiger partial charge < -0.3 is 19.7 Å². The van der Waals surface area contributed by atoms with Crippen LogP contribution in [0, 0.1) is 0 Å². The van der Waals surface area contributed by atoms with Gasteiger partial charge in [0.05, 0.1) is 12.1 Å². The van der Waals surface area contributed by atoms with E-state index in [1.165, 1.54) is 0 Å². The number of hydrogen-bond donors (Lipinski definition) is 1. The SMILES string of the molecule is CCCNC(=O)[C@@H](Cc1ccccc1)N(Cc1ccc(OC)cc1)C(=O)COc1ccccc1Cl. The Morgan fingerprint density at radius 3 is 2.29 bits per heavy atom. The molecular formula is C28H31ClN2O4. The van der Waals surface area contributed by atoms with E-state index in [0.29, 0.717) is 23.7 Å². The van der Waals surface area contributed by atoms with Gasteiger partial charge in [-0.1, -0.05) is 73.1 Å². The number of hydrogen-bond acceptors (Lipinski definition) is 4. The van der Waals surface area contributed by atoms with Crippen LogP contribution in [0.2, 0.25) is 5.02 Å². The lowest BCUT2D eigenvalue weighted by atomic mass is 10.0. The minimum absolute atomic E-state index is 0.199. The number of para-hydroxylation sites is 1. The molecule has 0 saturated heterocycles. The van der Waals surface area contributed by atoms with E-state index in [9.17, 15) is 9.59 Å². The van der Waals surface area contributed by atoms with Gasteiger partial charge in [-0.2, -0.15) is 0 Å². The topological polar surface area (TPSA) is 67.9 Å². The molecule has 0 fully saturated rings. The van der Waals surface area contributed by atoms with Crippen molar-refractivity contribution in [3.05, 3.63) is 95.0 Å². The maximum atomic E-state index is 13.5. The van der Waals surface area contributed by atoms with Crippen LogP contribution >= 0.6 is 11.6 Å². The highest BCUT2D eigenvalue weighted by atomic mass is 35.5. The summed E-state index contributed by atoms with van der Waals surface area (Å²) >= 11 is 6.20. The molecule has 0 spiro atoms. The summed E-state index contributed by atoms with van der Waals surface area (Å²) < 4.78 is 11.0. The molecule has 0 aliphatic rings. The molecule has 1 N–H and O–H groups in total. The zero-order valence-electron chi connectivity index (χ0n) is 20.1. The van der Waals surface area contributed by atoms with Crippen LogP contribution in [0.25, 0.3) is 0 Å². The van der Waals surface area contributed by atoms with Gasteiger partial charge in [0.15, 0.2) is 6.61 Å². The molecule has 0 aliphatic carbocycles. The lowest BCUT2D eigenvalue weighted by molar-refractivity contribution is -0.142. The number of nitrogens with one attached hydrogen (secondary N) is 1. The molecular weight excluding hydrogens is 464 g/mol. The molecule has 0 saturated carbocycles. The summed E-state index contributed by atoms with van der Waals surface area (Å²) in [7, 11) is 1.60. The monoisotopic (exact) mass is 494 g/mol. The molecule has 0 heterocycles. The number of nitrogens with zero attached hydrogens (tertiary/aromatic N) is 1. The molecule has 184 valence electrons. The fourth-order valence-electron chi connectivity index (χ4n) is 3.63. The lowest BCUT2D eigenvalue weighted by Gasteiger charge is -2.31. The molecule has 0 aliphatic heterocycles. The molecule has 3 aromatic rings. The summed E-state index contributed by atoms with van der Waals surface area (Å²) in [5.74, 6) is 0.626. The van der Waals surface area contributed by atoms with Gasteiger partial charge in [-0.25, -0.2) is 0 Å². The third kappa shape index (κ3) is 7.76. The van der Waals surface area contributed by atoms with Crippen LogP contribution in [0.15, 0.2) is 78.9 Å². The smallest absolute Gasteiger partial charge is 0.261 e. The Balaban J connectivity index is 1.89. The van der Waals surface area contributed by atoms with Gasteiger partial charge >= 0.3 is 0 Å². The minimum Gasteiger partial charge on any atom is -0.497 e. The van der Waals surface area contributed by atoms with Crippen LogP contribution in [-0.2, 0) is 22.6 Å². The first-order valence-electron chi connectivity index (χ1n) is 11.6. The lowest BCUT2D eigenvalue weighted by Crippen LogP contribution is -2.51. The van der Waals surface area contributed by atoms with Crippen molar-refractivity contribution in [3.63, 3.8) is 0 Å².